The minimum Gasteiger partial charge on any atom is -0.454 e. The second kappa shape index (κ2) is 5.98. The summed E-state index contributed by atoms with van der Waals surface area (Å²) >= 11 is 6.24. The van der Waals surface area contributed by atoms with Crippen LogP contribution in [0.1, 0.15) is 0 Å². The van der Waals surface area contributed by atoms with Gasteiger partial charge in [0.05, 0.1) is 22.4 Å². The Kier molecular flexibility index (Phi) is 3.67. The van der Waals surface area contributed by atoms with E-state index in [2.05, 4.69) is 5.10 Å². The first kappa shape index (κ1) is 14.7. The van der Waals surface area contributed by atoms with Gasteiger partial charge in [0.2, 0.25) is 0 Å². The Balaban J connectivity index is 1.73. The summed E-state index contributed by atoms with van der Waals surface area (Å²) in [6.45, 7) is 0. The minimum atomic E-state index is -0.399. The summed E-state index contributed by atoms with van der Waals surface area (Å²) < 4.78 is 21.1. The van der Waals surface area contributed by atoms with Crippen molar-refractivity contribution in [2.24, 2.45) is 0 Å². The van der Waals surface area contributed by atoms with E-state index in [1.54, 1.807) is 35.1 Å². The van der Waals surface area contributed by atoms with Crippen LogP contribution in [0, 0.1) is 5.82 Å². The van der Waals surface area contributed by atoms with Crippen LogP contribution in [0.3, 0.4) is 0 Å². The number of benzene rings is 3. The van der Waals surface area contributed by atoms with Crippen molar-refractivity contribution in [1.29, 1.82) is 0 Å². The van der Waals surface area contributed by atoms with Gasteiger partial charge in [-0.15, -0.1) is 0 Å². The van der Waals surface area contributed by atoms with Crippen LogP contribution in [0.5, 0.6) is 11.5 Å². The van der Waals surface area contributed by atoms with Crippen molar-refractivity contribution in [3.8, 4) is 17.2 Å². The molecule has 0 aliphatic carbocycles. The topological polar surface area (TPSA) is 27.1 Å². The maximum atomic E-state index is 13.7. The van der Waals surface area contributed by atoms with Crippen LogP contribution in [-0.4, -0.2) is 9.78 Å². The van der Waals surface area contributed by atoms with Gasteiger partial charge < -0.3 is 4.74 Å². The van der Waals surface area contributed by atoms with E-state index in [9.17, 15) is 4.39 Å². The van der Waals surface area contributed by atoms with Crippen molar-refractivity contribution in [3.05, 3.63) is 83.8 Å². The van der Waals surface area contributed by atoms with Gasteiger partial charge in [0.25, 0.3) is 0 Å². The van der Waals surface area contributed by atoms with Crippen LogP contribution in [0.2, 0.25) is 5.02 Å². The predicted octanol–water partition coefficient (Wildman–Crippen LogP) is 5.61. The predicted molar refractivity (Wildman–Crippen MR) is 92.6 cm³/mol. The Morgan fingerprint density at radius 1 is 0.958 bits per heavy atom. The number of nitrogens with zero attached hydrogens (tertiary/aromatic N) is 2. The molecule has 5 heteroatoms. The van der Waals surface area contributed by atoms with Crippen LogP contribution in [0.15, 0.2) is 72.9 Å². The van der Waals surface area contributed by atoms with Gasteiger partial charge in [0.15, 0.2) is 11.6 Å². The number of hydrogen-bond acceptors (Lipinski definition) is 2. The highest BCUT2D eigenvalue weighted by Crippen LogP contribution is 2.29. The monoisotopic (exact) mass is 338 g/mol. The molecule has 1 heterocycles. The van der Waals surface area contributed by atoms with Crippen LogP contribution in [-0.2, 0) is 0 Å². The number of aromatic nitrogens is 2. The van der Waals surface area contributed by atoms with Crippen molar-refractivity contribution in [1.82, 2.24) is 9.78 Å². The highest BCUT2D eigenvalue weighted by Gasteiger charge is 2.10. The molecule has 3 nitrogen and oxygen atoms in total. The Morgan fingerprint density at radius 3 is 2.58 bits per heavy atom. The van der Waals surface area contributed by atoms with Gasteiger partial charge in [-0.25, -0.2) is 9.07 Å². The first-order valence-electron chi connectivity index (χ1n) is 7.37. The summed E-state index contributed by atoms with van der Waals surface area (Å²) in [6.07, 6.45) is 1.73. The van der Waals surface area contributed by atoms with Gasteiger partial charge in [-0.1, -0.05) is 35.9 Å². The molecule has 0 unspecified atom stereocenters. The zero-order chi connectivity index (χ0) is 16.5. The summed E-state index contributed by atoms with van der Waals surface area (Å²) in [6, 6.07) is 19.3. The molecule has 0 saturated heterocycles. The fourth-order valence-corrected chi connectivity index (χ4v) is 2.76. The second-order valence-electron chi connectivity index (χ2n) is 5.26. The van der Waals surface area contributed by atoms with Crippen molar-refractivity contribution in [3.63, 3.8) is 0 Å². The largest absolute Gasteiger partial charge is 0.454 e. The molecule has 24 heavy (non-hydrogen) atoms. The molecule has 4 rings (SSSR count). The second-order valence-corrected chi connectivity index (χ2v) is 5.67. The van der Waals surface area contributed by atoms with Crippen LogP contribution < -0.4 is 4.74 Å². The average molecular weight is 339 g/mol. The Hall–Kier alpha value is -2.85. The first-order valence-corrected chi connectivity index (χ1v) is 7.75. The number of rotatable bonds is 3. The normalized spacial score (nSPS) is 10.9. The Morgan fingerprint density at radius 2 is 1.75 bits per heavy atom. The maximum Gasteiger partial charge on any atom is 0.165 e. The van der Waals surface area contributed by atoms with Gasteiger partial charge in [0.1, 0.15) is 5.75 Å². The molecule has 0 fully saturated rings. The molecule has 0 atom stereocenters. The summed E-state index contributed by atoms with van der Waals surface area (Å²) in [7, 11) is 0. The van der Waals surface area contributed by atoms with Gasteiger partial charge in [-0.05, 0) is 42.5 Å². The van der Waals surface area contributed by atoms with E-state index in [1.165, 1.54) is 6.07 Å². The fourth-order valence-electron chi connectivity index (χ4n) is 2.54. The van der Waals surface area contributed by atoms with E-state index in [-0.39, 0.29) is 5.75 Å². The minimum absolute atomic E-state index is 0.190. The molecule has 0 amide bonds. The van der Waals surface area contributed by atoms with Crippen LogP contribution in [0.25, 0.3) is 16.6 Å². The third kappa shape index (κ3) is 2.61. The van der Waals surface area contributed by atoms with Crippen LogP contribution in [0.4, 0.5) is 4.39 Å². The number of fused-ring (bicyclic) bond motifs is 1. The first-order chi connectivity index (χ1) is 11.7. The Labute approximate surface area is 142 Å². The number of ether oxygens (including phenoxy) is 1. The summed E-state index contributed by atoms with van der Waals surface area (Å²) in [4.78, 5) is 0. The molecule has 1 aromatic heterocycles. The highest BCUT2D eigenvalue weighted by atomic mass is 35.5. The SMILES string of the molecule is Fc1ccccc1Oc1ccc2c(cnn2-c2ccccc2Cl)c1. The molecule has 118 valence electrons. The zero-order valence-corrected chi connectivity index (χ0v) is 13.2. The van der Waals surface area contributed by atoms with Gasteiger partial charge >= 0.3 is 0 Å². The fraction of sp³-hybridized carbons (Fsp3) is 0. The number of halogens is 2. The summed E-state index contributed by atoms with van der Waals surface area (Å²) in [5.41, 5.74) is 1.70. The van der Waals surface area contributed by atoms with E-state index in [4.69, 9.17) is 16.3 Å². The smallest absolute Gasteiger partial charge is 0.165 e. The molecule has 0 saturated carbocycles. The van der Waals surface area contributed by atoms with Gasteiger partial charge in [-0.2, -0.15) is 5.10 Å². The van der Waals surface area contributed by atoms with Crippen molar-refractivity contribution >= 4 is 22.5 Å². The zero-order valence-electron chi connectivity index (χ0n) is 12.5. The molecule has 0 N–H and O–H groups in total. The lowest BCUT2D eigenvalue weighted by molar-refractivity contribution is 0.443. The molecular formula is C19H12ClFN2O. The van der Waals surface area contributed by atoms with Gasteiger partial charge in [-0.3, -0.25) is 0 Å². The molecule has 3 aromatic carbocycles. The van der Waals surface area contributed by atoms with E-state index in [0.717, 1.165) is 16.6 Å². The van der Waals surface area contributed by atoms with E-state index >= 15 is 0 Å². The molecule has 0 aliphatic rings. The number of para-hydroxylation sites is 2. The van der Waals surface area contributed by atoms with Crippen molar-refractivity contribution in [2.75, 3.05) is 0 Å². The molecule has 0 bridgehead atoms. The summed E-state index contributed by atoms with van der Waals surface area (Å²) in [5.74, 6) is 0.339. The van der Waals surface area contributed by atoms with E-state index < -0.39 is 5.82 Å². The van der Waals surface area contributed by atoms with E-state index in [0.29, 0.717) is 10.8 Å². The third-order valence-electron chi connectivity index (χ3n) is 3.68. The van der Waals surface area contributed by atoms with Crippen molar-refractivity contribution in [2.45, 2.75) is 0 Å². The Bertz CT molecular complexity index is 1030. The standard InChI is InChI=1S/C19H12ClFN2O/c20-15-5-1-3-7-18(15)23-17-10-9-14(11-13(17)12-22-23)24-19-8-4-2-6-16(19)21/h1-12H. The molecular weight excluding hydrogens is 327 g/mol. The summed E-state index contributed by atoms with van der Waals surface area (Å²) in [5, 5.41) is 5.89. The molecule has 0 aliphatic heterocycles. The lowest BCUT2D eigenvalue weighted by atomic mass is 10.2. The lowest BCUT2D eigenvalue weighted by Gasteiger charge is -2.08. The number of hydrogen-bond donors (Lipinski definition) is 0. The maximum absolute atomic E-state index is 13.7. The lowest BCUT2D eigenvalue weighted by Crippen LogP contribution is -1.96. The van der Waals surface area contributed by atoms with Crippen LogP contribution >= 0.6 is 11.6 Å². The molecule has 0 radical (unpaired) electrons. The molecule has 0 spiro atoms. The van der Waals surface area contributed by atoms with Gasteiger partial charge in [0, 0.05) is 5.39 Å². The van der Waals surface area contributed by atoms with E-state index in [1.807, 2.05) is 36.4 Å². The third-order valence-corrected chi connectivity index (χ3v) is 4.00. The molecule has 4 aromatic rings. The quantitative estimate of drug-likeness (QED) is 0.485. The average Bonchev–Trinajstić information content (AvgIpc) is 3.00. The van der Waals surface area contributed by atoms with Crippen molar-refractivity contribution < 1.29 is 9.13 Å². The highest BCUT2D eigenvalue weighted by molar-refractivity contribution is 6.32.